The highest BCUT2D eigenvalue weighted by Crippen LogP contribution is 2.30. The Morgan fingerprint density at radius 3 is 2.50 bits per heavy atom. The van der Waals surface area contributed by atoms with Crippen molar-refractivity contribution in [1.29, 1.82) is 0 Å². The van der Waals surface area contributed by atoms with Gasteiger partial charge in [0.25, 0.3) is 0 Å². The molecule has 1 N–H and O–H groups in total. The third kappa shape index (κ3) is 4.51. The second-order valence-corrected chi connectivity index (χ2v) is 7.47. The third-order valence-corrected chi connectivity index (χ3v) is 5.53. The van der Waals surface area contributed by atoms with Crippen molar-refractivity contribution in [2.75, 3.05) is 11.1 Å². The maximum Gasteiger partial charge on any atom is 0.149 e. The summed E-state index contributed by atoms with van der Waals surface area (Å²) in [6.07, 6.45) is 0.918. The molecule has 0 saturated carbocycles. The Morgan fingerprint density at radius 2 is 1.92 bits per heavy atom. The lowest BCUT2D eigenvalue weighted by atomic mass is 10.1. The highest BCUT2D eigenvalue weighted by atomic mass is 35.5. The molecule has 0 aliphatic rings. The van der Waals surface area contributed by atoms with E-state index in [2.05, 4.69) is 15.3 Å². The molecule has 7 heteroatoms. The quantitative estimate of drug-likeness (QED) is 0.757. The van der Waals surface area contributed by atoms with Crippen LogP contribution in [0.25, 0.3) is 0 Å². The lowest BCUT2D eigenvalue weighted by molar-refractivity contribution is 0.365. The number of nitrogens with zero attached hydrogens (tertiary/aromatic N) is 2. The Kier molecular flexibility index (Phi) is 6.69. The average Bonchev–Trinajstić information content (AvgIpc) is 2.56. The van der Waals surface area contributed by atoms with Gasteiger partial charge in [-0.05, 0) is 38.0 Å². The molecular weight excluding hydrogens is 349 g/mol. The van der Waals surface area contributed by atoms with Crippen LogP contribution in [-0.2, 0) is 10.8 Å². The van der Waals surface area contributed by atoms with Crippen LogP contribution >= 0.6 is 11.6 Å². The maximum atomic E-state index is 13.5. The van der Waals surface area contributed by atoms with Crippen LogP contribution in [0.15, 0.2) is 35.5 Å². The van der Waals surface area contributed by atoms with Gasteiger partial charge >= 0.3 is 0 Å². The smallest absolute Gasteiger partial charge is 0.149 e. The molecule has 2 rings (SSSR count). The van der Waals surface area contributed by atoms with Gasteiger partial charge in [0.15, 0.2) is 0 Å². The largest absolute Gasteiger partial charge is 0.362 e. The number of hydrogen-bond donors (Lipinski definition) is 1. The van der Waals surface area contributed by atoms with E-state index in [0.717, 1.165) is 16.9 Å². The lowest BCUT2D eigenvalue weighted by Gasteiger charge is -2.17. The number of halogens is 2. The first-order valence-electron chi connectivity index (χ1n) is 7.83. The van der Waals surface area contributed by atoms with Crippen molar-refractivity contribution in [2.24, 2.45) is 0 Å². The van der Waals surface area contributed by atoms with E-state index in [4.69, 9.17) is 11.6 Å². The number of nitrogens with one attached hydrogen (secondary N) is 1. The maximum absolute atomic E-state index is 13.5. The molecular formula is C17H21ClFN3OS. The lowest BCUT2D eigenvalue weighted by Crippen LogP contribution is -2.10. The summed E-state index contributed by atoms with van der Waals surface area (Å²) in [7, 11) is -0.959. The Labute approximate surface area is 149 Å². The summed E-state index contributed by atoms with van der Waals surface area (Å²) in [6, 6.07) is 7.50. The molecule has 1 aromatic heterocycles. The van der Waals surface area contributed by atoms with Crippen molar-refractivity contribution in [2.45, 2.75) is 44.3 Å². The first-order chi connectivity index (χ1) is 11.4. The minimum Gasteiger partial charge on any atom is -0.362 e. The van der Waals surface area contributed by atoms with Gasteiger partial charge in [0.05, 0.1) is 16.5 Å². The molecule has 4 nitrogen and oxygen atoms in total. The van der Waals surface area contributed by atoms with Crippen LogP contribution in [0, 0.1) is 0 Å². The molecule has 0 aliphatic carbocycles. The highest BCUT2D eigenvalue weighted by molar-refractivity contribution is 7.85. The number of rotatable bonds is 7. The molecule has 130 valence electrons. The second-order valence-electron chi connectivity index (χ2n) is 5.52. The summed E-state index contributed by atoms with van der Waals surface area (Å²) >= 11 is 6.17. The van der Waals surface area contributed by atoms with Gasteiger partial charge in [-0.15, -0.1) is 0 Å². The van der Waals surface area contributed by atoms with Gasteiger partial charge in [0.2, 0.25) is 0 Å². The van der Waals surface area contributed by atoms with Crippen LogP contribution < -0.4 is 5.32 Å². The predicted molar refractivity (Wildman–Crippen MR) is 96.6 cm³/mol. The van der Waals surface area contributed by atoms with Gasteiger partial charge in [0, 0.05) is 16.7 Å². The molecule has 0 saturated heterocycles. The zero-order valence-electron chi connectivity index (χ0n) is 13.9. The van der Waals surface area contributed by atoms with Crippen molar-refractivity contribution in [3.05, 3.63) is 46.9 Å². The molecule has 0 bridgehead atoms. The first-order valence-corrected chi connectivity index (χ1v) is 9.53. The number of hydrogen-bond acceptors (Lipinski definition) is 4. The molecule has 0 spiro atoms. The fourth-order valence-corrected chi connectivity index (χ4v) is 3.61. The molecule has 1 heterocycles. The van der Waals surface area contributed by atoms with E-state index in [1.165, 1.54) is 13.3 Å². The van der Waals surface area contributed by atoms with E-state index >= 15 is 0 Å². The number of benzene rings is 1. The van der Waals surface area contributed by atoms with Gasteiger partial charge in [-0.25, -0.2) is 14.4 Å². The van der Waals surface area contributed by atoms with E-state index in [1.54, 1.807) is 0 Å². The molecule has 1 aromatic carbocycles. The van der Waals surface area contributed by atoms with Crippen molar-refractivity contribution in [1.82, 2.24) is 9.97 Å². The standard InChI is InChI=1S/C17H21ClFN3OS/c1-4-9-24(23)14-7-5-13(6-8-14)12(3)22-17-15(18)16(11(2)19)20-10-21-17/h5-8,10-12H,4,9H2,1-3H3,(H,20,21,22). The number of anilines is 1. The molecule has 3 atom stereocenters. The Morgan fingerprint density at radius 1 is 1.25 bits per heavy atom. The van der Waals surface area contributed by atoms with Crippen LogP contribution in [-0.4, -0.2) is 19.9 Å². The summed E-state index contributed by atoms with van der Waals surface area (Å²) in [4.78, 5) is 8.78. The molecule has 0 amide bonds. The zero-order chi connectivity index (χ0) is 17.7. The van der Waals surface area contributed by atoms with Gasteiger partial charge in [-0.1, -0.05) is 30.7 Å². The SMILES string of the molecule is CCCS(=O)c1ccc(C(C)Nc2ncnc(C(C)F)c2Cl)cc1. The normalized spacial score (nSPS) is 14.9. The van der Waals surface area contributed by atoms with Crippen molar-refractivity contribution in [3.63, 3.8) is 0 Å². The van der Waals surface area contributed by atoms with Gasteiger partial charge in [-0.3, -0.25) is 4.21 Å². The van der Waals surface area contributed by atoms with E-state index in [-0.39, 0.29) is 16.8 Å². The topological polar surface area (TPSA) is 54.9 Å². The summed E-state index contributed by atoms with van der Waals surface area (Å²) in [5.41, 5.74) is 1.17. The molecule has 2 aromatic rings. The van der Waals surface area contributed by atoms with E-state index in [0.29, 0.717) is 11.6 Å². The number of alkyl halides is 1. The molecule has 0 radical (unpaired) electrons. The van der Waals surface area contributed by atoms with E-state index in [1.807, 2.05) is 38.1 Å². The minimum atomic E-state index is -1.26. The van der Waals surface area contributed by atoms with Crippen LogP contribution in [0.3, 0.4) is 0 Å². The number of aromatic nitrogens is 2. The van der Waals surface area contributed by atoms with Gasteiger partial charge < -0.3 is 5.32 Å². The van der Waals surface area contributed by atoms with Crippen LogP contribution in [0.5, 0.6) is 0 Å². The molecule has 3 unspecified atom stereocenters. The second kappa shape index (κ2) is 8.53. The van der Waals surface area contributed by atoms with E-state index < -0.39 is 17.0 Å². The first kappa shape index (κ1) is 18.8. The van der Waals surface area contributed by atoms with Crippen LogP contribution in [0.4, 0.5) is 10.2 Å². The monoisotopic (exact) mass is 369 g/mol. The van der Waals surface area contributed by atoms with Crippen molar-refractivity contribution >= 4 is 28.2 Å². The fraction of sp³-hybridized carbons (Fsp3) is 0.412. The Balaban J connectivity index is 2.14. The summed E-state index contributed by atoms with van der Waals surface area (Å²) < 4.78 is 25.5. The highest BCUT2D eigenvalue weighted by Gasteiger charge is 2.16. The molecule has 24 heavy (non-hydrogen) atoms. The Bertz CT molecular complexity index is 709. The minimum absolute atomic E-state index is 0.0890. The van der Waals surface area contributed by atoms with Crippen LogP contribution in [0.1, 0.15) is 50.7 Å². The molecule has 0 fully saturated rings. The van der Waals surface area contributed by atoms with Crippen molar-refractivity contribution in [3.8, 4) is 0 Å². The predicted octanol–water partition coefficient (Wildman–Crippen LogP) is 4.85. The summed E-state index contributed by atoms with van der Waals surface area (Å²) in [5, 5.41) is 3.36. The van der Waals surface area contributed by atoms with Crippen molar-refractivity contribution < 1.29 is 8.60 Å². The Hall–Kier alpha value is -1.53. The van der Waals surface area contributed by atoms with Gasteiger partial charge in [-0.2, -0.15) is 0 Å². The molecule has 0 aliphatic heterocycles. The third-order valence-electron chi connectivity index (χ3n) is 3.58. The van der Waals surface area contributed by atoms with E-state index in [9.17, 15) is 8.60 Å². The average molecular weight is 370 g/mol. The summed E-state index contributed by atoms with van der Waals surface area (Å²) in [5.74, 6) is 1.06. The van der Waals surface area contributed by atoms with Gasteiger partial charge in [0.1, 0.15) is 23.3 Å². The zero-order valence-corrected chi connectivity index (χ0v) is 15.5. The summed E-state index contributed by atoms with van der Waals surface area (Å²) in [6.45, 7) is 5.35. The fourth-order valence-electron chi connectivity index (χ4n) is 2.26. The van der Waals surface area contributed by atoms with Crippen LogP contribution in [0.2, 0.25) is 5.02 Å².